The van der Waals surface area contributed by atoms with Gasteiger partial charge in [0.25, 0.3) is 0 Å². The molecule has 1 aromatic rings. The average Bonchev–Trinajstić information content (AvgIpc) is 2.15. The van der Waals surface area contributed by atoms with Gasteiger partial charge in [-0.1, -0.05) is 29.8 Å². The van der Waals surface area contributed by atoms with Gasteiger partial charge in [0.05, 0.1) is 0 Å². The SMILES string of the molecule is Cc1cccc(C/C(=C\C(=O)O)C(=O)O)c1. The molecule has 16 heavy (non-hydrogen) atoms. The van der Waals surface area contributed by atoms with E-state index >= 15 is 0 Å². The zero-order valence-electron chi connectivity index (χ0n) is 8.80. The maximum absolute atomic E-state index is 10.8. The fourth-order valence-corrected chi connectivity index (χ4v) is 1.38. The molecular weight excluding hydrogens is 208 g/mol. The molecule has 0 amide bonds. The number of carboxylic acid groups (broad SMARTS) is 2. The maximum Gasteiger partial charge on any atom is 0.332 e. The fourth-order valence-electron chi connectivity index (χ4n) is 1.38. The van der Waals surface area contributed by atoms with Gasteiger partial charge in [0.2, 0.25) is 0 Å². The summed E-state index contributed by atoms with van der Waals surface area (Å²) in [5.74, 6) is -2.45. The lowest BCUT2D eigenvalue weighted by Crippen LogP contribution is -2.06. The van der Waals surface area contributed by atoms with Gasteiger partial charge >= 0.3 is 11.9 Å². The Labute approximate surface area is 92.8 Å². The number of aliphatic carboxylic acids is 2. The summed E-state index contributed by atoms with van der Waals surface area (Å²) in [6.07, 6.45) is 0.841. The van der Waals surface area contributed by atoms with E-state index in [-0.39, 0.29) is 12.0 Å². The van der Waals surface area contributed by atoms with E-state index in [9.17, 15) is 9.59 Å². The Kier molecular flexibility index (Phi) is 3.83. The molecular formula is C12H12O4. The molecule has 0 radical (unpaired) electrons. The highest BCUT2D eigenvalue weighted by Gasteiger charge is 2.10. The van der Waals surface area contributed by atoms with Crippen LogP contribution in [0.25, 0.3) is 0 Å². The summed E-state index contributed by atoms with van der Waals surface area (Å²) in [6.45, 7) is 1.89. The van der Waals surface area contributed by atoms with Crippen LogP contribution in [-0.4, -0.2) is 22.2 Å². The standard InChI is InChI=1S/C12H12O4/c1-8-3-2-4-9(5-8)6-10(12(15)16)7-11(13)14/h2-5,7H,6H2,1H3,(H,13,14)(H,15,16)/b10-7+. The summed E-state index contributed by atoms with van der Waals surface area (Å²) in [6, 6.07) is 7.31. The normalized spacial score (nSPS) is 11.2. The van der Waals surface area contributed by atoms with Crippen LogP contribution in [0.4, 0.5) is 0 Å². The highest BCUT2D eigenvalue weighted by Crippen LogP contribution is 2.10. The predicted molar refractivity (Wildman–Crippen MR) is 58.2 cm³/mol. The summed E-state index contributed by atoms with van der Waals surface area (Å²) in [4.78, 5) is 21.2. The molecule has 0 aliphatic carbocycles. The van der Waals surface area contributed by atoms with Crippen molar-refractivity contribution in [2.75, 3.05) is 0 Å². The minimum atomic E-state index is -1.25. The zero-order valence-corrected chi connectivity index (χ0v) is 8.80. The van der Waals surface area contributed by atoms with Gasteiger partial charge in [0.15, 0.2) is 0 Å². The molecule has 0 bridgehead atoms. The summed E-state index contributed by atoms with van der Waals surface area (Å²) in [5.41, 5.74) is 1.67. The number of rotatable bonds is 4. The molecule has 4 heteroatoms. The van der Waals surface area contributed by atoms with Crippen molar-refractivity contribution in [3.8, 4) is 0 Å². The number of carbonyl (C=O) groups is 2. The van der Waals surface area contributed by atoms with Gasteiger partial charge in [-0.15, -0.1) is 0 Å². The van der Waals surface area contributed by atoms with Crippen LogP contribution in [0, 0.1) is 6.92 Å². The lowest BCUT2D eigenvalue weighted by molar-refractivity contribution is -0.135. The Morgan fingerprint density at radius 1 is 1.31 bits per heavy atom. The fraction of sp³-hybridized carbons (Fsp3) is 0.167. The Balaban J connectivity index is 2.93. The number of aryl methyl sites for hydroxylation is 1. The van der Waals surface area contributed by atoms with Crippen molar-refractivity contribution in [1.29, 1.82) is 0 Å². The van der Waals surface area contributed by atoms with Gasteiger partial charge < -0.3 is 10.2 Å². The van der Waals surface area contributed by atoms with Crippen molar-refractivity contribution in [3.05, 3.63) is 47.0 Å². The van der Waals surface area contributed by atoms with Crippen LogP contribution in [0.1, 0.15) is 11.1 Å². The summed E-state index contributed by atoms with van der Waals surface area (Å²) in [7, 11) is 0. The Morgan fingerprint density at radius 3 is 2.50 bits per heavy atom. The minimum absolute atomic E-state index is 0.114. The molecule has 0 unspecified atom stereocenters. The first-order valence-corrected chi connectivity index (χ1v) is 4.71. The lowest BCUT2D eigenvalue weighted by Gasteiger charge is -2.03. The molecule has 0 spiro atoms. The van der Waals surface area contributed by atoms with Crippen molar-refractivity contribution in [2.24, 2.45) is 0 Å². The van der Waals surface area contributed by atoms with Crippen molar-refractivity contribution < 1.29 is 19.8 Å². The van der Waals surface area contributed by atoms with Gasteiger partial charge in [-0.3, -0.25) is 0 Å². The molecule has 0 heterocycles. The molecule has 2 N–H and O–H groups in total. The van der Waals surface area contributed by atoms with E-state index < -0.39 is 11.9 Å². The lowest BCUT2D eigenvalue weighted by atomic mass is 10.0. The Morgan fingerprint density at radius 2 is 2.00 bits per heavy atom. The third kappa shape index (κ3) is 3.57. The molecule has 4 nitrogen and oxygen atoms in total. The molecule has 1 aromatic carbocycles. The van der Waals surface area contributed by atoms with Crippen LogP contribution < -0.4 is 0 Å². The van der Waals surface area contributed by atoms with E-state index in [4.69, 9.17) is 10.2 Å². The van der Waals surface area contributed by atoms with E-state index in [1.54, 1.807) is 6.07 Å². The van der Waals surface area contributed by atoms with Gasteiger partial charge in [0.1, 0.15) is 0 Å². The molecule has 0 saturated carbocycles. The summed E-state index contributed by atoms with van der Waals surface area (Å²) >= 11 is 0. The number of benzene rings is 1. The van der Waals surface area contributed by atoms with Crippen LogP contribution in [0.3, 0.4) is 0 Å². The predicted octanol–water partition coefficient (Wildman–Crippen LogP) is 1.63. The van der Waals surface area contributed by atoms with Crippen LogP contribution in [-0.2, 0) is 16.0 Å². The Hall–Kier alpha value is -2.10. The molecule has 0 aliphatic heterocycles. The van der Waals surface area contributed by atoms with Crippen LogP contribution in [0.15, 0.2) is 35.9 Å². The van der Waals surface area contributed by atoms with Crippen LogP contribution >= 0.6 is 0 Å². The largest absolute Gasteiger partial charge is 0.478 e. The van der Waals surface area contributed by atoms with E-state index in [0.29, 0.717) is 0 Å². The number of hydrogen-bond acceptors (Lipinski definition) is 2. The van der Waals surface area contributed by atoms with E-state index in [2.05, 4.69) is 0 Å². The maximum atomic E-state index is 10.8. The Bertz CT molecular complexity index is 446. The van der Waals surface area contributed by atoms with Crippen molar-refractivity contribution in [2.45, 2.75) is 13.3 Å². The number of carboxylic acids is 2. The van der Waals surface area contributed by atoms with Crippen LogP contribution in [0.5, 0.6) is 0 Å². The summed E-state index contributed by atoms with van der Waals surface area (Å²) < 4.78 is 0. The number of hydrogen-bond donors (Lipinski definition) is 2. The highest BCUT2D eigenvalue weighted by atomic mass is 16.4. The molecule has 0 aromatic heterocycles. The molecule has 0 fully saturated rings. The smallest absolute Gasteiger partial charge is 0.332 e. The monoisotopic (exact) mass is 220 g/mol. The van der Waals surface area contributed by atoms with E-state index in [0.717, 1.165) is 17.2 Å². The highest BCUT2D eigenvalue weighted by molar-refractivity contribution is 5.94. The second-order valence-electron chi connectivity index (χ2n) is 3.48. The van der Waals surface area contributed by atoms with Crippen molar-refractivity contribution in [1.82, 2.24) is 0 Å². The minimum Gasteiger partial charge on any atom is -0.478 e. The van der Waals surface area contributed by atoms with Crippen LogP contribution in [0.2, 0.25) is 0 Å². The first-order valence-electron chi connectivity index (χ1n) is 4.71. The van der Waals surface area contributed by atoms with E-state index in [1.807, 2.05) is 25.1 Å². The molecule has 1 rings (SSSR count). The first kappa shape index (κ1) is 12.0. The summed E-state index contributed by atoms with van der Waals surface area (Å²) in [5, 5.41) is 17.3. The topological polar surface area (TPSA) is 74.6 Å². The van der Waals surface area contributed by atoms with Crippen molar-refractivity contribution in [3.63, 3.8) is 0 Å². The second kappa shape index (κ2) is 5.11. The third-order valence-electron chi connectivity index (χ3n) is 2.05. The quantitative estimate of drug-likeness (QED) is 0.756. The third-order valence-corrected chi connectivity index (χ3v) is 2.05. The second-order valence-corrected chi connectivity index (χ2v) is 3.48. The zero-order chi connectivity index (χ0) is 12.1. The van der Waals surface area contributed by atoms with E-state index in [1.165, 1.54) is 0 Å². The molecule has 0 aliphatic rings. The van der Waals surface area contributed by atoms with Gasteiger partial charge in [-0.2, -0.15) is 0 Å². The molecule has 84 valence electrons. The van der Waals surface area contributed by atoms with Gasteiger partial charge in [-0.05, 0) is 12.5 Å². The average molecular weight is 220 g/mol. The first-order chi connectivity index (χ1) is 7.49. The van der Waals surface area contributed by atoms with Gasteiger partial charge in [0, 0.05) is 18.1 Å². The van der Waals surface area contributed by atoms with Gasteiger partial charge in [-0.25, -0.2) is 9.59 Å². The van der Waals surface area contributed by atoms with Crippen molar-refractivity contribution >= 4 is 11.9 Å². The molecule has 0 saturated heterocycles. The molecule has 0 atom stereocenters.